The normalized spacial score (nSPS) is 17.5. The standard InChI is InChI=1S/C76H56N6O2P2/c1-45-19-31-52(32-20-45)77-58-11-7-15-62-71(58)85(83)73-60(77)13-9-17-64(73)81(56-39-27-49(5)28-40-56)69-68-51(43-66(75(69)85)79(62)54-35-23-47(3)24-36-54)44-67-76-70(68)82(57-41-29-50(6)30-42-57)65-18-10-14-61-74(65)86(76,84)72-59(78(61)53-33-21-46(2)22-34-53)12-8-16-63(72)80(67)55-37-25-48(4)26-38-55/h7-44H,1-6H3. The molecule has 412 valence electrons. The van der Waals surface area contributed by atoms with E-state index in [4.69, 9.17) is 0 Å². The van der Waals surface area contributed by atoms with Crippen LogP contribution in [-0.2, 0) is 9.13 Å². The zero-order chi connectivity index (χ0) is 57.8. The Hall–Kier alpha value is -9.84. The second-order valence-electron chi connectivity index (χ2n) is 24.1. The molecule has 0 radical (unpaired) electrons. The Kier molecular flexibility index (Phi) is 10.0. The summed E-state index contributed by atoms with van der Waals surface area (Å²) in [6.07, 6.45) is 0. The fourth-order valence-corrected chi connectivity index (χ4v) is 22.2. The van der Waals surface area contributed by atoms with E-state index in [-0.39, 0.29) is 0 Å². The zero-order valence-electron chi connectivity index (χ0n) is 48.3. The van der Waals surface area contributed by atoms with E-state index < -0.39 is 14.3 Å². The van der Waals surface area contributed by atoms with Gasteiger partial charge in [-0.2, -0.15) is 0 Å². The predicted molar refractivity (Wildman–Crippen MR) is 361 cm³/mol. The van der Waals surface area contributed by atoms with Crippen LogP contribution in [0, 0.1) is 41.5 Å². The first kappa shape index (κ1) is 49.6. The molecule has 0 saturated carbocycles. The van der Waals surface area contributed by atoms with Crippen LogP contribution in [0.25, 0.3) is 10.8 Å². The fourth-order valence-electron chi connectivity index (χ4n) is 14.9. The van der Waals surface area contributed by atoms with E-state index >= 15 is 9.13 Å². The van der Waals surface area contributed by atoms with Gasteiger partial charge in [0.2, 0.25) is 0 Å². The summed E-state index contributed by atoms with van der Waals surface area (Å²) in [6, 6.07) is 83.0. The van der Waals surface area contributed by atoms with Crippen molar-refractivity contribution < 1.29 is 9.13 Å². The molecule has 18 rings (SSSR count). The van der Waals surface area contributed by atoms with Gasteiger partial charge in [-0.3, -0.25) is 0 Å². The van der Waals surface area contributed by atoms with E-state index in [0.29, 0.717) is 0 Å². The second kappa shape index (κ2) is 17.4. The van der Waals surface area contributed by atoms with Gasteiger partial charge < -0.3 is 38.5 Å². The van der Waals surface area contributed by atoms with Gasteiger partial charge in [0.15, 0.2) is 14.3 Å². The molecule has 6 aliphatic rings. The summed E-state index contributed by atoms with van der Waals surface area (Å²) in [6.45, 7) is 12.8. The van der Waals surface area contributed by atoms with Crippen LogP contribution in [0.15, 0.2) is 231 Å². The highest BCUT2D eigenvalue weighted by Crippen LogP contribution is 2.72. The highest BCUT2D eigenvalue weighted by atomic mass is 31.2. The Morgan fingerprint density at radius 1 is 0.233 bits per heavy atom. The number of benzene rings is 12. The minimum atomic E-state index is -3.92. The molecular formula is C76H56N6O2P2. The minimum absolute atomic E-state index is 0.758. The van der Waals surface area contributed by atoms with Gasteiger partial charge in [-0.1, -0.05) is 130 Å². The summed E-state index contributed by atoms with van der Waals surface area (Å²) in [5, 5.41) is 6.51. The molecule has 12 aromatic rings. The van der Waals surface area contributed by atoms with E-state index in [0.717, 1.165) is 178 Å². The molecule has 0 bridgehead atoms. The van der Waals surface area contributed by atoms with Crippen molar-refractivity contribution in [2.45, 2.75) is 41.5 Å². The molecule has 0 aromatic heterocycles. The second-order valence-corrected chi connectivity index (χ2v) is 29.2. The van der Waals surface area contributed by atoms with Crippen molar-refractivity contribution in [3.05, 3.63) is 264 Å². The Labute approximate surface area is 500 Å². The van der Waals surface area contributed by atoms with Crippen molar-refractivity contribution >= 4 is 159 Å². The monoisotopic (exact) mass is 1150 g/mol. The van der Waals surface area contributed by atoms with Gasteiger partial charge in [0.05, 0.1) is 100 Å². The number of anilines is 18. The first-order valence-electron chi connectivity index (χ1n) is 29.5. The van der Waals surface area contributed by atoms with Gasteiger partial charge in [0.1, 0.15) is 0 Å². The number of aryl methyl sites for hydroxylation is 6. The molecule has 8 nitrogen and oxygen atoms in total. The van der Waals surface area contributed by atoms with E-state index in [2.05, 4.69) is 301 Å². The fraction of sp³-hybridized carbons (Fsp3) is 0.0789. The first-order valence-corrected chi connectivity index (χ1v) is 33.0. The van der Waals surface area contributed by atoms with Crippen molar-refractivity contribution in [3.8, 4) is 0 Å². The molecule has 12 aromatic carbocycles. The Morgan fingerprint density at radius 3 is 0.663 bits per heavy atom. The van der Waals surface area contributed by atoms with Crippen LogP contribution >= 0.6 is 14.3 Å². The lowest BCUT2D eigenvalue weighted by molar-refractivity contribution is 0.591. The van der Waals surface area contributed by atoms with E-state index in [1.807, 2.05) is 0 Å². The Bertz CT molecular complexity index is 4720. The first-order chi connectivity index (χ1) is 41.9. The van der Waals surface area contributed by atoms with Crippen molar-refractivity contribution in [2.24, 2.45) is 0 Å². The average molecular weight is 1150 g/mol. The van der Waals surface area contributed by atoms with Crippen LogP contribution in [0.2, 0.25) is 0 Å². The maximum Gasteiger partial charge on any atom is 0.183 e. The third-order valence-electron chi connectivity index (χ3n) is 18.8. The maximum absolute atomic E-state index is 18.7. The highest BCUT2D eigenvalue weighted by molar-refractivity contribution is 7.88. The molecule has 0 amide bonds. The van der Waals surface area contributed by atoms with E-state index in [1.165, 1.54) is 0 Å². The lowest BCUT2D eigenvalue weighted by atomic mass is 9.96. The van der Waals surface area contributed by atoms with E-state index in [9.17, 15) is 0 Å². The van der Waals surface area contributed by atoms with Crippen LogP contribution in [0.4, 0.5) is 102 Å². The van der Waals surface area contributed by atoms with Gasteiger partial charge >= 0.3 is 0 Å². The van der Waals surface area contributed by atoms with Gasteiger partial charge in [-0.05, 0) is 180 Å². The third-order valence-corrected chi connectivity index (χ3v) is 25.2. The third kappa shape index (κ3) is 6.34. The predicted octanol–water partition coefficient (Wildman–Crippen LogP) is 18.7. The van der Waals surface area contributed by atoms with E-state index in [1.54, 1.807) is 0 Å². The molecule has 6 heterocycles. The van der Waals surface area contributed by atoms with Crippen LogP contribution in [0.3, 0.4) is 0 Å². The summed E-state index contributed by atoms with van der Waals surface area (Å²) >= 11 is 0. The van der Waals surface area contributed by atoms with Crippen molar-refractivity contribution in [2.75, 3.05) is 29.4 Å². The summed E-state index contributed by atoms with van der Waals surface area (Å²) in [7, 11) is -7.84. The summed E-state index contributed by atoms with van der Waals surface area (Å²) in [5.74, 6) is 0. The largest absolute Gasteiger partial charge is 0.309 e. The molecule has 86 heavy (non-hydrogen) atoms. The van der Waals surface area contributed by atoms with Gasteiger partial charge in [-0.25, -0.2) is 0 Å². The molecule has 10 heteroatoms. The number of hydrogen-bond acceptors (Lipinski definition) is 8. The Morgan fingerprint density at radius 2 is 0.430 bits per heavy atom. The zero-order valence-corrected chi connectivity index (χ0v) is 50.1. The van der Waals surface area contributed by atoms with Gasteiger partial charge in [0, 0.05) is 39.5 Å². The van der Waals surface area contributed by atoms with Crippen molar-refractivity contribution in [3.63, 3.8) is 0 Å². The lowest BCUT2D eigenvalue weighted by Gasteiger charge is -2.52. The number of rotatable bonds is 6. The molecule has 0 saturated heterocycles. The smallest absolute Gasteiger partial charge is 0.183 e. The average Bonchev–Trinajstić information content (AvgIpc) is 0.668. The topological polar surface area (TPSA) is 53.6 Å². The highest BCUT2D eigenvalue weighted by Gasteiger charge is 2.59. The molecule has 0 spiro atoms. The summed E-state index contributed by atoms with van der Waals surface area (Å²) in [5.41, 5.74) is 22.9. The number of nitrogens with zero attached hydrogens (tertiary/aromatic N) is 6. The summed E-state index contributed by atoms with van der Waals surface area (Å²) in [4.78, 5) is 14.2. The number of hydrogen-bond donors (Lipinski definition) is 0. The molecule has 0 fully saturated rings. The van der Waals surface area contributed by atoms with Crippen LogP contribution < -0.4 is 61.2 Å². The Balaban J connectivity index is 1.07. The minimum Gasteiger partial charge on any atom is -0.309 e. The van der Waals surface area contributed by atoms with Crippen molar-refractivity contribution in [1.29, 1.82) is 0 Å². The molecule has 6 aliphatic heterocycles. The number of fused-ring (bicyclic) bond motifs is 3. The molecule has 0 aliphatic carbocycles. The molecular weight excluding hydrogens is 1090 g/mol. The van der Waals surface area contributed by atoms with Crippen molar-refractivity contribution in [1.82, 2.24) is 0 Å². The lowest BCUT2D eigenvalue weighted by Crippen LogP contribution is -2.49. The van der Waals surface area contributed by atoms with Crippen LogP contribution in [-0.4, -0.2) is 0 Å². The SMILES string of the molecule is Cc1ccc(N2c3cccc4c3P3(=O)c5c2cccc5N(c2ccc(C)cc2)c2c3c(cc3cc5c6c(c23)N(c2ccc(C)cc2)c2cccc3c2P6(=O)c2c(cccc2N5c2ccc(C)cc2)N3c2ccc(C)cc2)N4c2ccc(C)cc2)cc1. The van der Waals surface area contributed by atoms with Gasteiger partial charge in [-0.15, -0.1) is 0 Å². The van der Waals surface area contributed by atoms with Gasteiger partial charge in [0.25, 0.3) is 0 Å². The maximum atomic E-state index is 18.7. The summed E-state index contributed by atoms with van der Waals surface area (Å²) < 4.78 is 37.3. The molecule has 2 unspecified atom stereocenters. The van der Waals surface area contributed by atoms with Crippen LogP contribution in [0.5, 0.6) is 0 Å². The molecule has 0 N–H and O–H groups in total. The van der Waals surface area contributed by atoms with Crippen LogP contribution in [0.1, 0.15) is 33.4 Å². The molecule has 2 atom stereocenters. The quantitative estimate of drug-likeness (QED) is 0.153.